The van der Waals surface area contributed by atoms with E-state index in [1.165, 1.54) is 0 Å². The Bertz CT molecular complexity index is 392. The van der Waals surface area contributed by atoms with Crippen LogP contribution in [-0.4, -0.2) is 57.1 Å². The van der Waals surface area contributed by atoms with Crippen LogP contribution < -0.4 is 4.90 Å². The fraction of sp³-hybridized carbons (Fsp3) is 0.462. The van der Waals surface area contributed by atoms with Gasteiger partial charge in [-0.25, -0.2) is 4.79 Å². The van der Waals surface area contributed by atoms with Crippen LogP contribution >= 0.6 is 15.9 Å². The Morgan fingerprint density at radius 3 is 2.11 bits per heavy atom. The second kappa shape index (κ2) is 6.75. The van der Waals surface area contributed by atoms with Crippen molar-refractivity contribution in [1.29, 1.82) is 0 Å². The van der Waals surface area contributed by atoms with Crippen molar-refractivity contribution in [3.8, 4) is 0 Å². The minimum absolute atomic E-state index is 0.000766. The summed E-state index contributed by atoms with van der Waals surface area (Å²) >= 11 is 3.38. The third-order valence-electron chi connectivity index (χ3n) is 2.71. The molecular formula is C13H20BrN3O. The molecule has 0 unspecified atom stereocenters. The topological polar surface area (TPSA) is 26.8 Å². The Kier molecular flexibility index (Phi) is 5.62. The molecule has 4 nitrogen and oxygen atoms in total. The maximum Gasteiger partial charge on any atom is 0.323 e. The molecule has 100 valence electrons. The first-order valence-corrected chi connectivity index (χ1v) is 6.60. The molecule has 0 saturated heterocycles. The lowest BCUT2D eigenvalue weighted by Crippen LogP contribution is -2.41. The van der Waals surface area contributed by atoms with Crippen LogP contribution in [0.5, 0.6) is 0 Å². The standard InChI is InChI=1S/C13H20BrN3O/c1-15(2)9-10-16(3)13(18)17(4)12-7-5-11(14)6-8-12/h5-8H,9-10H2,1-4H3. The second-order valence-corrected chi connectivity index (χ2v) is 5.46. The largest absolute Gasteiger partial charge is 0.326 e. The first-order valence-electron chi connectivity index (χ1n) is 5.81. The fourth-order valence-electron chi connectivity index (χ4n) is 1.48. The molecule has 0 bridgehead atoms. The van der Waals surface area contributed by atoms with E-state index >= 15 is 0 Å². The number of hydrogen-bond donors (Lipinski definition) is 0. The number of likely N-dealkylation sites (N-methyl/N-ethyl adjacent to an activating group) is 2. The number of hydrogen-bond acceptors (Lipinski definition) is 2. The molecule has 0 radical (unpaired) electrons. The molecule has 0 atom stereocenters. The van der Waals surface area contributed by atoms with Crippen LogP contribution in [0, 0.1) is 0 Å². The summed E-state index contributed by atoms with van der Waals surface area (Å²) in [5.74, 6) is 0. The van der Waals surface area contributed by atoms with E-state index in [1.54, 1.807) is 16.8 Å². The van der Waals surface area contributed by atoms with Gasteiger partial charge in [0.15, 0.2) is 0 Å². The van der Waals surface area contributed by atoms with E-state index in [9.17, 15) is 4.79 Å². The lowest BCUT2D eigenvalue weighted by Gasteiger charge is -2.26. The lowest BCUT2D eigenvalue weighted by atomic mass is 10.3. The maximum atomic E-state index is 12.2. The molecule has 5 heteroatoms. The average Bonchev–Trinajstić information content (AvgIpc) is 2.35. The van der Waals surface area contributed by atoms with Crippen LogP contribution in [0.2, 0.25) is 0 Å². The van der Waals surface area contributed by atoms with Crippen molar-refractivity contribution >= 4 is 27.6 Å². The molecule has 0 spiro atoms. The molecule has 0 heterocycles. The molecule has 0 saturated carbocycles. The number of anilines is 1. The predicted molar refractivity (Wildman–Crippen MR) is 79.1 cm³/mol. The van der Waals surface area contributed by atoms with E-state index in [4.69, 9.17) is 0 Å². The van der Waals surface area contributed by atoms with E-state index < -0.39 is 0 Å². The van der Waals surface area contributed by atoms with Gasteiger partial charge in [0.25, 0.3) is 0 Å². The summed E-state index contributed by atoms with van der Waals surface area (Å²) in [6.07, 6.45) is 0. The molecule has 1 rings (SSSR count). The highest BCUT2D eigenvalue weighted by Gasteiger charge is 2.15. The van der Waals surface area contributed by atoms with Gasteiger partial charge in [0, 0.05) is 37.3 Å². The molecule has 0 aliphatic rings. The first-order chi connectivity index (χ1) is 8.41. The van der Waals surface area contributed by atoms with Crippen molar-refractivity contribution in [3.05, 3.63) is 28.7 Å². The zero-order chi connectivity index (χ0) is 13.7. The second-order valence-electron chi connectivity index (χ2n) is 4.54. The van der Waals surface area contributed by atoms with E-state index in [-0.39, 0.29) is 6.03 Å². The lowest BCUT2D eigenvalue weighted by molar-refractivity contribution is 0.211. The highest BCUT2D eigenvalue weighted by molar-refractivity contribution is 9.10. The van der Waals surface area contributed by atoms with Gasteiger partial charge in [-0.05, 0) is 38.4 Å². The van der Waals surface area contributed by atoms with Gasteiger partial charge in [0.05, 0.1) is 0 Å². The summed E-state index contributed by atoms with van der Waals surface area (Å²) in [4.78, 5) is 17.6. The number of urea groups is 1. The third kappa shape index (κ3) is 4.31. The van der Waals surface area contributed by atoms with Crippen molar-refractivity contribution in [2.75, 3.05) is 46.2 Å². The Hall–Kier alpha value is -1.07. The van der Waals surface area contributed by atoms with Crippen LogP contribution in [0.15, 0.2) is 28.7 Å². The number of rotatable bonds is 4. The number of carbonyl (C=O) groups excluding carboxylic acids is 1. The molecule has 0 fully saturated rings. The maximum absolute atomic E-state index is 12.2. The molecule has 0 aliphatic carbocycles. The molecule has 1 aromatic rings. The van der Waals surface area contributed by atoms with Crippen LogP contribution in [0.4, 0.5) is 10.5 Å². The summed E-state index contributed by atoms with van der Waals surface area (Å²) in [6, 6.07) is 7.70. The van der Waals surface area contributed by atoms with Gasteiger partial charge in [0.1, 0.15) is 0 Å². The Morgan fingerprint density at radius 1 is 1.06 bits per heavy atom. The van der Waals surface area contributed by atoms with E-state index in [0.717, 1.165) is 16.7 Å². The molecule has 0 aromatic heterocycles. The fourth-order valence-corrected chi connectivity index (χ4v) is 1.74. The van der Waals surface area contributed by atoms with E-state index in [0.29, 0.717) is 6.54 Å². The highest BCUT2D eigenvalue weighted by Crippen LogP contribution is 2.18. The number of halogens is 1. The highest BCUT2D eigenvalue weighted by atomic mass is 79.9. The monoisotopic (exact) mass is 313 g/mol. The van der Waals surface area contributed by atoms with Crippen molar-refractivity contribution in [2.24, 2.45) is 0 Å². The first kappa shape index (κ1) is 15.0. The number of benzene rings is 1. The van der Waals surface area contributed by atoms with Gasteiger partial charge in [-0.1, -0.05) is 15.9 Å². The summed E-state index contributed by atoms with van der Waals surface area (Å²) in [6.45, 7) is 1.57. The number of amides is 2. The minimum atomic E-state index is -0.000766. The van der Waals surface area contributed by atoms with Gasteiger partial charge in [0.2, 0.25) is 0 Å². The third-order valence-corrected chi connectivity index (χ3v) is 3.24. The normalized spacial score (nSPS) is 10.6. The van der Waals surface area contributed by atoms with Crippen molar-refractivity contribution in [1.82, 2.24) is 9.80 Å². The molecule has 0 aliphatic heterocycles. The van der Waals surface area contributed by atoms with E-state index in [1.807, 2.05) is 45.4 Å². The van der Waals surface area contributed by atoms with Crippen molar-refractivity contribution in [2.45, 2.75) is 0 Å². The minimum Gasteiger partial charge on any atom is -0.326 e. The summed E-state index contributed by atoms with van der Waals surface area (Å²) < 4.78 is 1.01. The average molecular weight is 314 g/mol. The molecular weight excluding hydrogens is 294 g/mol. The van der Waals surface area contributed by atoms with Crippen LogP contribution in [0.3, 0.4) is 0 Å². The van der Waals surface area contributed by atoms with Gasteiger partial charge >= 0.3 is 6.03 Å². The van der Waals surface area contributed by atoms with Gasteiger partial charge in [-0.3, -0.25) is 4.90 Å². The summed E-state index contributed by atoms with van der Waals surface area (Å²) in [5.41, 5.74) is 0.889. The molecule has 0 N–H and O–H groups in total. The van der Waals surface area contributed by atoms with Gasteiger partial charge in [-0.15, -0.1) is 0 Å². The Morgan fingerprint density at radius 2 is 1.61 bits per heavy atom. The Labute approximate surface area is 117 Å². The number of carbonyl (C=O) groups is 1. The van der Waals surface area contributed by atoms with Crippen molar-refractivity contribution in [3.63, 3.8) is 0 Å². The Balaban J connectivity index is 2.62. The van der Waals surface area contributed by atoms with Gasteiger partial charge in [-0.2, -0.15) is 0 Å². The number of nitrogens with zero attached hydrogens (tertiary/aromatic N) is 3. The van der Waals surface area contributed by atoms with Crippen LogP contribution in [0.1, 0.15) is 0 Å². The smallest absolute Gasteiger partial charge is 0.323 e. The SMILES string of the molecule is CN(C)CCN(C)C(=O)N(C)c1ccc(Br)cc1. The van der Waals surface area contributed by atoms with Crippen LogP contribution in [0.25, 0.3) is 0 Å². The quantitative estimate of drug-likeness (QED) is 0.854. The van der Waals surface area contributed by atoms with E-state index in [2.05, 4.69) is 20.8 Å². The van der Waals surface area contributed by atoms with Crippen LogP contribution in [-0.2, 0) is 0 Å². The predicted octanol–water partition coefficient (Wildman–Crippen LogP) is 2.50. The van der Waals surface area contributed by atoms with Crippen molar-refractivity contribution < 1.29 is 4.79 Å². The van der Waals surface area contributed by atoms with Gasteiger partial charge < -0.3 is 9.80 Å². The molecule has 18 heavy (non-hydrogen) atoms. The summed E-state index contributed by atoms with van der Waals surface area (Å²) in [7, 11) is 7.60. The molecule has 2 amide bonds. The zero-order valence-electron chi connectivity index (χ0n) is 11.4. The zero-order valence-corrected chi connectivity index (χ0v) is 12.9. The summed E-state index contributed by atoms with van der Waals surface area (Å²) in [5, 5.41) is 0. The molecule has 1 aromatic carbocycles.